The number of rotatable bonds is 9. The fourth-order valence-corrected chi connectivity index (χ4v) is 4.65. The number of nitrogens with zero attached hydrogens (tertiary/aromatic N) is 2. The molecule has 1 unspecified atom stereocenters. The molecule has 0 aromatic carbocycles. The van der Waals surface area contributed by atoms with Gasteiger partial charge in [-0.25, -0.2) is 4.98 Å². The largest absolute Gasteiger partial charge is 0.417 e. The normalized spacial score (nSPS) is 24.9. The van der Waals surface area contributed by atoms with E-state index >= 15 is 0 Å². The first-order valence-corrected chi connectivity index (χ1v) is 11.6. The topological polar surface area (TPSA) is 54.8 Å². The molecule has 0 radical (unpaired) electrons. The number of aliphatic hydroxyl groups excluding tert-OH is 1. The Hall–Kier alpha value is -1.38. The first-order valence-electron chi connectivity index (χ1n) is 11.6. The lowest BCUT2D eigenvalue weighted by molar-refractivity contribution is -0.164. The van der Waals surface area contributed by atoms with E-state index in [-0.39, 0.29) is 11.9 Å². The Kier molecular flexibility index (Phi) is 8.98. The summed E-state index contributed by atoms with van der Waals surface area (Å²) in [6.07, 6.45) is 5.20. The molecule has 1 aromatic rings. The van der Waals surface area contributed by atoms with E-state index in [0.29, 0.717) is 24.2 Å². The molecule has 1 aliphatic carbocycles. The van der Waals surface area contributed by atoms with E-state index in [0.717, 1.165) is 77.0 Å². The van der Waals surface area contributed by atoms with Crippen molar-refractivity contribution in [3.05, 3.63) is 23.4 Å². The number of hydrogen-bond donors (Lipinski definition) is 1. The molecule has 1 aromatic heterocycles. The second kappa shape index (κ2) is 11.5. The van der Waals surface area contributed by atoms with Crippen LogP contribution in [0.2, 0.25) is 0 Å². The minimum Gasteiger partial charge on any atom is -0.392 e. The van der Waals surface area contributed by atoms with Crippen molar-refractivity contribution in [1.82, 2.24) is 4.98 Å². The van der Waals surface area contributed by atoms with E-state index < -0.39 is 18.3 Å². The summed E-state index contributed by atoms with van der Waals surface area (Å²) in [5, 5.41) is 9.62. The van der Waals surface area contributed by atoms with Gasteiger partial charge in [-0.2, -0.15) is 13.2 Å². The molecule has 1 atom stereocenters. The number of hydrogen-bond acceptors (Lipinski definition) is 5. The van der Waals surface area contributed by atoms with Gasteiger partial charge in [-0.1, -0.05) is 12.8 Å². The SMILES string of the molecule is CCN(CC1CCC(CCOC2CCCCO2)CC1)c1ncc(C(F)(F)F)cc1CO. The fourth-order valence-electron chi connectivity index (χ4n) is 4.65. The fraction of sp³-hybridized carbons (Fsp3) is 0.783. The maximum Gasteiger partial charge on any atom is 0.417 e. The minimum atomic E-state index is -4.46. The summed E-state index contributed by atoms with van der Waals surface area (Å²) in [5.74, 6) is 1.60. The summed E-state index contributed by atoms with van der Waals surface area (Å²) in [7, 11) is 0. The van der Waals surface area contributed by atoms with E-state index in [2.05, 4.69) is 4.98 Å². The predicted octanol–water partition coefficient (Wildman–Crippen LogP) is 5.16. The second-order valence-electron chi connectivity index (χ2n) is 8.74. The number of alkyl halides is 3. The van der Waals surface area contributed by atoms with Crippen LogP contribution in [0, 0.1) is 11.8 Å². The van der Waals surface area contributed by atoms with Crippen LogP contribution in [0.3, 0.4) is 0 Å². The van der Waals surface area contributed by atoms with Gasteiger partial charge in [-0.15, -0.1) is 0 Å². The Labute approximate surface area is 182 Å². The molecule has 5 nitrogen and oxygen atoms in total. The van der Waals surface area contributed by atoms with E-state index in [4.69, 9.17) is 9.47 Å². The Morgan fingerprint density at radius 3 is 2.52 bits per heavy atom. The molecule has 2 fully saturated rings. The third-order valence-electron chi connectivity index (χ3n) is 6.53. The monoisotopic (exact) mass is 444 g/mol. The highest BCUT2D eigenvalue weighted by atomic mass is 19.4. The van der Waals surface area contributed by atoms with Crippen molar-refractivity contribution in [2.75, 3.05) is 31.2 Å². The molecule has 0 bridgehead atoms. The van der Waals surface area contributed by atoms with Gasteiger partial charge in [-0.3, -0.25) is 0 Å². The van der Waals surface area contributed by atoms with E-state index in [9.17, 15) is 18.3 Å². The Bertz CT molecular complexity index is 673. The summed E-state index contributed by atoms with van der Waals surface area (Å²) in [6.45, 7) is 4.45. The van der Waals surface area contributed by atoms with Crippen molar-refractivity contribution in [3.8, 4) is 0 Å². The maximum absolute atomic E-state index is 13.0. The molecule has 1 saturated heterocycles. The first-order chi connectivity index (χ1) is 14.9. The number of aromatic nitrogens is 1. The van der Waals surface area contributed by atoms with Gasteiger partial charge in [0.15, 0.2) is 6.29 Å². The molecular weight excluding hydrogens is 409 g/mol. The van der Waals surface area contributed by atoms with Gasteiger partial charge >= 0.3 is 6.18 Å². The van der Waals surface area contributed by atoms with Crippen LogP contribution in [0.5, 0.6) is 0 Å². The lowest BCUT2D eigenvalue weighted by atomic mass is 9.80. The molecule has 1 aliphatic heterocycles. The minimum absolute atomic E-state index is 0.0276. The van der Waals surface area contributed by atoms with Crippen molar-refractivity contribution < 1.29 is 27.8 Å². The van der Waals surface area contributed by atoms with Crippen LogP contribution in [-0.4, -0.2) is 42.7 Å². The van der Waals surface area contributed by atoms with E-state index in [1.54, 1.807) is 0 Å². The molecular formula is C23H35F3N2O3. The number of ether oxygens (including phenoxy) is 2. The van der Waals surface area contributed by atoms with Crippen molar-refractivity contribution in [2.45, 2.75) is 77.4 Å². The molecule has 1 saturated carbocycles. The zero-order valence-corrected chi connectivity index (χ0v) is 18.4. The van der Waals surface area contributed by atoms with Gasteiger partial charge in [0.1, 0.15) is 5.82 Å². The highest BCUT2D eigenvalue weighted by Gasteiger charge is 2.32. The van der Waals surface area contributed by atoms with E-state index in [1.165, 1.54) is 6.42 Å². The average Bonchev–Trinajstić information content (AvgIpc) is 2.78. The van der Waals surface area contributed by atoms with Gasteiger partial charge in [0.2, 0.25) is 0 Å². The van der Waals surface area contributed by atoms with Crippen LogP contribution in [-0.2, 0) is 22.3 Å². The lowest BCUT2D eigenvalue weighted by Crippen LogP contribution is -2.33. The number of anilines is 1. The number of halogens is 3. The van der Waals surface area contributed by atoms with E-state index in [1.807, 2.05) is 11.8 Å². The number of aliphatic hydroxyl groups is 1. The van der Waals surface area contributed by atoms with Gasteiger partial charge < -0.3 is 19.5 Å². The highest BCUT2D eigenvalue weighted by molar-refractivity contribution is 5.48. The quantitative estimate of drug-likeness (QED) is 0.570. The summed E-state index contributed by atoms with van der Waals surface area (Å²) in [5.41, 5.74) is -0.592. The van der Waals surface area contributed by atoms with Crippen molar-refractivity contribution in [3.63, 3.8) is 0 Å². The maximum atomic E-state index is 13.0. The second-order valence-corrected chi connectivity index (χ2v) is 8.74. The molecule has 3 rings (SSSR count). The van der Waals surface area contributed by atoms with Crippen molar-refractivity contribution in [2.24, 2.45) is 11.8 Å². The van der Waals surface area contributed by atoms with Gasteiger partial charge in [-0.05, 0) is 63.4 Å². The summed E-state index contributed by atoms with van der Waals surface area (Å²) in [4.78, 5) is 6.07. The smallest absolute Gasteiger partial charge is 0.392 e. The average molecular weight is 445 g/mol. The Balaban J connectivity index is 1.47. The molecule has 0 amide bonds. The van der Waals surface area contributed by atoms with Crippen LogP contribution in [0.25, 0.3) is 0 Å². The summed E-state index contributed by atoms with van der Waals surface area (Å²) in [6, 6.07) is 1.01. The first kappa shape index (κ1) is 24.3. The van der Waals surface area contributed by atoms with Crippen LogP contribution < -0.4 is 4.90 Å². The molecule has 8 heteroatoms. The standard InChI is InChI=1S/C23H35F3N2O3/c1-2-28(22-19(16-29)13-20(14-27-22)23(24,25)26)15-18-8-6-17(7-9-18)10-12-31-21-5-3-4-11-30-21/h13-14,17-18,21,29H,2-12,15-16H2,1H3. The highest BCUT2D eigenvalue weighted by Crippen LogP contribution is 2.34. The molecule has 176 valence electrons. The van der Waals surface area contributed by atoms with Gasteiger partial charge in [0.25, 0.3) is 0 Å². The third kappa shape index (κ3) is 7.05. The molecule has 0 spiro atoms. The zero-order valence-electron chi connectivity index (χ0n) is 18.4. The summed E-state index contributed by atoms with van der Waals surface area (Å²) >= 11 is 0. The third-order valence-corrected chi connectivity index (χ3v) is 6.53. The van der Waals surface area contributed by atoms with Crippen LogP contribution in [0.15, 0.2) is 12.3 Å². The van der Waals surface area contributed by atoms with Gasteiger partial charge in [0.05, 0.1) is 12.2 Å². The molecule has 1 N–H and O–H groups in total. The van der Waals surface area contributed by atoms with Crippen LogP contribution in [0.1, 0.15) is 69.4 Å². The van der Waals surface area contributed by atoms with Crippen molar-refractivity contribution >= 4 is 5.82 Å². The Morgan fingerprint density at radius 1 is 1.16 bits per heavy atom. The van der Waals surface area contributed by atoms with Crippen molar-refractivity contribution in [1.29, 1.82) is 0 Å². The number of pyridine rings is 1. The Morgan fingerprint density at radius 2 is 1.90 bits per heavy atom. The van der Waals surface area contributed by atoms with Crippen LogP contribution >= 0.6 is 0 Å². The van der Waals surface area contributed by atoms with Crippen LogP contribution in [0.4, 0.5) is 19.0 Å². The molecule has 2 aliphatic rings. The predicted molar refractivity (Wildman–Crippen MR) is 113 cm³/mol. The van der Waals surface area contributed by atoms with Gasteiger partial charge in [0, 0.05) is 38.1 Å². The summed E-state index contributed by atoms with van der Waals surface area (Å²) < 4.78 is 50.4. The lowest BCUT2D eigenvalue weighted by Gasteiger charge is -2.34. The molecule has 2 heterocycles. The molecule has 31 heavy (non-hydrogen) atoms. The zero-order chi connectivity index (χ0) is 22.3.